The van der Waals surface area contributed by atoms with Crippen LogP contribution in [0.1, 0.15) is 52.0 Å². The van der Waals surface area contributed by atoms with E-state index < -0.39 is 0 Å². The van der Waals surface area contributed by atoms with E-state index in [0.717, 1.165) is 11.5 Å². The topological polar surface area (TPSA) is 60.1 Å². The van der Waals surface area contributed by atoms with Gasteiger partial charge in [0, 0.05) is 18.7 Å². The minimum Gasteiger partial charge on any atom is -0.466 e. The summed E-state index contributed by atoms with van der Waals surface area (Å²) in [5.74, 6) is 1.95. The van der Waals surface area contributed by atoms with Crippen molar-refractivity contribution in [3.63, 3.8) is 0 Å². The molecule has 1 amide bonds. The molecule has 0 spiro atoms. The number of carbonyl (C=O) groups is 1. The summed E-state index contributed by atoms with van der Waals surface area (Å²) in [5, 5.41) is 7.34. The van der Waals surface area contributed by atoms with Gasteiger partial charge in [-0.15, -0.1) is 0 Å². The molecule has 20 heavy (non-hydrogen) atoms. The Morgan fingerprint density at radius 3 is 2.80 bits per heavy atom. The Balaban J connectivity index is 1.65. The first-order chi connectivity index (χ1) is 9.54. The molecule has 0 radical (unpaired) electrons. The summed E-state index contributed by atoms with van der Waals surface area (Å²) in [4.78, 5) is 12.1. The molecule has 1 aliphatic carbocycles. The van der Waals surface area contributed by atoms with Crippen LogP contribution in [0.3, 0.4) is 0 Å². The first-order valence-corrected chi connectivity index (χ1v) is 6.92. The fraction of sp³-hybridized carbons (Fsp3) is 0.467. The normalized spacial score (nSPS) is 14.6. The van der Waals surface area contributed by atoms with Crippen LogP contribution in [0, 0.1) is 13.8 Å². The van der Waals surface area contributed by atoms with Crippen LogP contribution >= 0.6 is 0 Å². The molecule has 3 rings (SSSR count). The van der Waals surface area contributed by atoms with Crippen LogP contribution in [-0.4, -0.2) is 15.7 Å². The number of aromatic nitrogens is 2. The van der Waals surface area contributed by atoms with Gasteiger partial charge in [0.05, 0.1) is 17.8 Å². The van der Waals surface area contributed by atoms with E-state index in [9.17, 15) is 4.79 Å². The van der Waals surface area contributed by atoms with Crippen molar-refractivity contribution in [2.45, 2.75) is 39.2 Å². The van der Waals surface area contributed by atoms with Gasteiger partial charge < -0.3 is 9.73 Å². The van der Waals surface area contributed by atoms with Crippen molar-refractivity contribution in [1.29, 1.82) is 0 Å². The number of carbonyl (C=O) groups excluding carboxylic acids is 1. The van der Waals surface area contributed by atoms with Gasteiger partial charge in [0.2, 0.25) is 0 Å². The summed E-state index contributed by atoms with van der Waals surface area (Å²) in [6.45, 7) is 4.08. The number of furan rings is 1. The highest BCUT2D eigenvalue weighted by Crippen LogP contribution is 2.39. The maximum atomic E-state index is 12.1. The zero-order valence-electron chi connectivity index (χ0n) is 12.1. The van der Waals surface area contributed by atoms with Crippen molar-refractivity contribution in [2.24, 2.45) is 7.05 Å². The number of rotatable bonds is 4. The third kappa shape index (κ3) is 2.48. The maximum absolute atomic E-state index is 12.1. The summed E-state index contributed by atoms with van der Waals surface area (Å²) in [6.07, 6.45) is 2.50. The molecule has 106 valence electrons. The Hall–Kier alpha value is -2.04. The van der Waals surface area contributed by atoms with Gasteiger partial charge >= 0.3 is 0 Å². The third-order valence-corrected chi connectivity index (χ3v) is 3.68. The Morgan fingerprint density at radius 1 is 1.45 bits per heavy atom. The minimum absolute atomic E-state index is 0.113. The molecule has 0 atom stereocenters. The second-order valence-corrected chi connectivity index (χ2v) is 5.47. The number of nitrogens with zero attached hydrogens (tertiary/aromatic N) is 2. The minimum atomic E-state index is -0.113. The lowest BCUT2D eigenvalue weighted by Gasteiger charge is -2.01. The number of aryl methyl sites for hydroxylation is 3. The summed E-state index contributed by atoms with van der Waals surface area (Å²) in [5.41, 5.74) is 2.77. The molecule has 1 N–H and O–H groups in total. The Labute approximate surface area is 118 Å². The van der Waals surface area contributed by atoms with E-state index in [2.05, 4.69) is 16.5 Å². The molecule has 0 unspecified atom stereocenters. The van der Waals surface area contributed by atoms with E-state index in [4.69, 9.17) is 4.42 Å². The number of hydrogen-bond acceptors (Lipinski definition) is 3. The highest BCUT2D eigenvalue weighted by molar-refractivity contribution is 5.95. The van der Waals surface area contributed by atoms with Crippen LogP contribution in [0.2, 0.25) is 0 Å². The summed E-state index contributed by atoms with van der Waals surface area (Å²) in [6, 6.07) is 3.85. The Morgan fingerprint density at radius 2 is 2.20 bits per heavy atom. The molecule has 1 aliphatic rings. The standard InChI is InChI=1S/C15H19N3O2/c1-9-6-13(10(2)20-9)15(19)16-8-12-7-14(11-4-5-11)18(3)17-12/h6-7,11H,4-5,8H2,1-3H3,(H,16,19). The molecule has 2 aromatic heterocycles. The van der Waals surface area contributed by atoms with Gasteiger partial charge in [0.25, 0.3) is 5.91 Å². The highest BCUT2D eigenvalue weighted by Gasteiger charge is 2.27. The molecule has 0 saturated heterocycles. The Bertz CT molecular complexity index is 650. The second kappa shape index (κ2) is 4.81. The summed E-state index contributed by atoms with van der Waals surface area (Å²) < 4.78 is 7.29. The third-order valence-electron chi connectivity index (χ3n) is 3.68. The molecular weight excluding hydrogens is 254 g/mol. The van der Waals surface area contributed by atoms with E-state index in [-0.39, 0.29) is 5.91 Å². The van der Waals surface area contributed by atoms with Crippen LogP contribution in [0.5, 0.6) is 0 Å². The zero-order chi connectivity index (χ0) is 14.3. The van der Waals surface area contributed by atoms with E-state index in [1.165, 1.54) is 18.5 Å². The lowest BCUT2D eigenvalue weighted by atomic mass is 10.2. The molecule has 2 heterocycles. The molecule has 0 aliphatic heterocycles. The quantitative estimate of drug-likeness (QED) is 0.930. The number of amides is 1. The van der Waals surface area contributed by atoms with Crippen molar-refractivity contribution in [2.75, 3.05) is 0 Å². The fourth-order valence-electron chi connectivity index (χ4n) is 2.51. The molecule has 5 heteroatoms. The first kappa shape index (κ1) is 13.0. The molecule has 0 bridgehead atoms. The monoisotopic (exact) mass is 273 g/mol. The lowest BCUT2D eigenvalue weighted by Crippen LogP contribution is -2.23. The van der Waals surface area contributed by atoms with Gasteiger partial charge in [-0.1, -0.05) is 0 Å². The highest BCUT2D eigenvalue weighted by atomic mass is 16.3. The molecule has 0 aromatic carbocycles. The van der Waals surface area contributed by atoms with Crippen molar-refractivity contribution in [3.8, 4) is 0 Å². The van der Waals surface area contributed by atoms with E-state index in [1.807, 2.05) is 18.7 Å². The van der Waals surface area contributed by atoms with Crippen LogP contribution in [-0.2, 0) is 13.6 Å². The van der Waals surface area contributed by atoms with Crippen molar-refractivity contribution >= 4 is 5.91 Å². The SMILES string of the molecule is Cc1cc(C(=O)NCc2cc(C3CC3)n(C)n2)c(C)o1. The molecule has 2 aromatic rings. The maximum Gasteiger partial charge on any atom is 0.255 e. The predicted octanol–water partition coefficient (Wildman–Crippen LogP) is 2.44. The van der Waals surface area contributed by atoms with Crippen LogP contribution in [0.15, 0.2) is 16.5 Å². The average molecular weight is 273 g/mol. The van der Waals surface area contributed by atoms with Crippen molar-refractivity contribution in [1.82, 2.24) is 15.1 Å². The molecule has 1 fully saturated rings. The van der Waals surface area contributed by atoms with Crippen molar-refractivity contribution < 1.29 is 9.21 Å². The smallest absolute Gasteiger partial charge is 0.255 e. The van der Waals surface area contributed by atoms with Gasteiger partial charge in [0.15, 0.2) is 0 Å². The van der Waals surface area contributed by atoms with Crippen molar-refractivity contribution in [3.05, 3.63) is 40.6 Å². The van der Waals surface area contributed by atoms with Crippen LogP contribution in [0.25, 0.3) is 0 Å². The molecule has 1 saturated carbocycles. The molecular formula is C15H19N3O2. The average Bonchev–Trinajstić information content (AvgIpc) is 3.09. The first-order valence-electron chi connectivity index (χ1n) is 6.92. The van der Waals surface area contributed by atoms with Crippen LogP contribution < -0.4 is 5.32 Å². The lowest BCUT2D eigenvalue weighted by molar-refractivity contribution is 0.0949. The van der Waals surface area contributed by atoms with Crippen LogP contribution in [0.4, 0.5) is 0 Å². The molecule has 5 nitrogen and oxygen atoms in total. The van der Waals surface area contributed by atoms with Gasteiger partial charge in [-0.25, -0.2) is 0 Å². The van der Waals surface area contributed by atoms with Gasteiger partial charge in [-0.2, -0.15) is 5.10 Å². The second-order valence-electron chi connectivity index (χ2n) is 5.47. The van der Waals surface area contributed by atoms with E-state index >= 15 is 0 Å². The van der Waals surface area contributed by atoms with Gasteiger partial charge in [-0.05, 0) is 38.8 Å². The largest absolute Gasteiger partial charge is 0.466 e. The Kier molecular flexibility index (Phi) is 3.12. The van der Waals surface area contributed by atoms with Gasteiger partial charge in [0.1, 0.15) is 11.5 Å². The number of nitrogens with one attached hydrogen (secondary N) is 1. The van der Waals surface area contributed by atoms with Gasteiger partial charge in [-0.3, -0.25) is 9.48 Å². The zero-order valence-corrected chi connectivity index (χ0v) is 12.1. The van der Waals surface area contributed by atoms with E-state index in [0.29, 0.717) is 23.8 Å². The summed E-state index contributed by atoms with van der Waals surface area (Å²) in [7, 11) is 1.96. The summed E-state index contributed by atoms with van der Waals surface area (Å²) >= 11 is 0. The fourth-order valence-corrected chi connectivity index (χ4v) is 2.51. The van der Waals surface area contributed by atoms with E-state index in [1.54, 1.807) is 13.0 Å². The number of hydrogen-bond donors (Lipinski definition) is 1. The predicted molar refractivity (Wildman–Crippen MR) is 74.5 cm³/mol.